The average Bonchev–Trinajstić information content (AvgIpc) is 2.22. The highest BCUT2D eigenvalue weighted by atomic mass is 16.5. The second kappa shape index (κ2) is 7.74. The lowest BCUT2D eigenvalue weighted by atomic mass is 10.2. The summed E-state index contributed by atoms with van der Waals surface area (Å²) >= 11 is 0. The summed E-state index contributed by atoms with van der Waals surface area (Å²) < 4.78 is 4.40. The Hall–Kier alpha value is -1.89. The standard InChI is InChI=1S/C10H11NO3/c1-14-10(13)7-9(8-11)5-3-2-4-6-12/h2-3,5-6H,4,7H2,1H3/b3-2+,9-5-. The average molecular weight is 193 g/mol. The van der Waals surface area contributed by atoms with E-state index in [0.717, 1.165) is 6.29 Å². The van der Waals surface area contributed by atoms with Gasteiger partial charge in [-0.15, -0.1) is 0 Å². The molecule has 0 aromatic carbocycles. The third-order valence-corrected chi connectivity index (χ3v) is 1.37. The number of hydrogen-bond donors (Lipinski definition) is 0. The van der Waals surface area contributed by atoms with Gasteiger partial charge in [-0.1, -0.05) is 12.2 Å². The van der Waals surface area contributed by atoms with E-state index in [1.165, 1.54) is 13.2 Å². The van der Waals surface area contributed by atoms with Crippen LogP contribution in [-0.2, 0) is 14.3 Å². The van der Waals surface area contributed by atoms with Crippen LogP contribution in [0.2, 0.25) is 0 Å². The minimum absolute atomic E-state index is 0.0432. The van der Waals surface area contributed by atoms with Crippen molar-refractivity contribution in [2.75, 3.05) is 7.11 Å². The van der Waals surface area contributed by atoms with Crippen LogP contribution in [0.3, 0.4) is 0 Å². The number of carbonyl (C=O) groups is 2. The third-order valence-electron chi connectivity index (χ3n) is 1.37. The van der Waals surface area contributed by atoms with E-state index in [4.69, 9.17) is 5.26 Å². The summed E-state index contributed by atoms with van der Waals surface area (Å²) in [6, 6.07) is 1.86. The van der Waals surface area contributed by atoms with Gasteiger partial charge in [-0.3, -0.25) is 4.79 Å². The van der Waals surface area contributed by atoms with Gasteiger partial charge in [-0.25, -0.2) is 0 Å². The van der Waals surface area contributed by atoms with Crippen LogP contribution in [-0.4, -0.2) is 19.4 Å². The van der Waals surface area contributed by atoms with Crippen molar-refractivity contribution in [1.82, 2.24) is 0 Å². The van der Waals surface area contributed by atoms with Crippen molar-refractivity contribution in [2.45, 2.75) is 12.8 Å². The van der Waals surface area contributed by atoms with Gasteiger partial charge in [-0.05, 0) is 6.08 Å². The summed E-state index contributed by atoms with van der Waals surface area (Å²) in [7, 11) is 1.26. The molecule has 0 atom stereocenters. The fourth-order valence-electron chi connectivity index (χ4n) is 0.682. The molecule has 0 radical (unpaired) electrons. The Morgan fingerprint density at radius 1 is 1.57 bits per heavy atom. The number of aldehydes is 1. The number of allylic oxidation sites excluding steroid dienone is 3. The van der Waals surface area contributed by atoms with Crippen molar-refractivity contribution in [3.63, 3.8) is 0 Å². The first kappa shape index (κ1) is 12.1. The molecule has 0 saturated carbocycles. The molecule has 0 heterocycles. The number of ether oxygens (including phenoxy) is 1. The second-order valence-electron chi connectivity index (χ2n) is 2.39. The second-order valence-corrected chi connectivity index (χ2v) is 2.39. The summed E-state index contributed by atoms with van der Waals surface area (Å²) in [6.07, 6.45) is 5.65. The molecule has 0 fully saturated rings. The molecule has 0 unspecified atom stereocenters. The lowest BCUT2D eigenvalue weighted by Gasteiger charge is -1.95. The van der Waals surface area contributed by atoms with Gasteiger partial charge < -0.3 is 9.53 Å². The molecule has 0 N–H and O–H groups in total. The van der Waals surface area contributed by atoms with Crippen LogP contribution < -0.4 is 0 Å². The Balaban J connectivity index is 4.20. The molecule has 0 saturated heterocycles. The van der Waals surface area contributed by atoms with E-state index in [2.05, 4.69) is 4.74 Å². The van der Waals surface area contributed by atoms with Crippen LogP contribution in [0.5, 0.6) is 0 Å². The molecule has 0 amide bonds. The van der Waals surface area contributed by atoms with E-state index in [-0.39, 0.29) is 6.42 Å². The van der Waals surface area contributed by atoms with E-state index in [9.17, 15) is 9.59 Å². The number of nitrogens with zero attached hydrogens (tertiary/aromatic N) is 1. The maximum atomic E-state index is 10.8. The van der Waals surface area contributed by atoms with Crippen LogP contribution in [0.1, 0.15) is 12.8 Å². The first-order valence-electron chi connectivity index (χ1n) is 4.00. The first-order chi connectivity index (χ1) is 6.74. The van der Waals surface area contributed by atoms with E-state index < -0.39 is 5.97 Å². The molecule has 0 rings (SSSR count). The zero-order valence-corrected chi connectivity index (χ0v) is 7.90. The van der Waals surface area contributed by atoms with Crippen LogP contribution in [0.4, 0.5) is 0 Å². The Kier molecular flexibility index (Phi) is 6.70. The quantitative estimate of drug-likeness (QED) is 0.284. The number of carbonyl (C=O) groups excluding carboxylic acids is 2. The van der Waals surface area contributed by atoms with Crippen molar-refractivity contribution < 1.29 is 14.3 Å². The van der Waals surface area contributed by atoms with Crippen molar-refractivity contribution >= 4 is 12.3 Å². The van der Waals surface area contributed by atoms with E-state index in [0.29, 0.717) is 12.0 Å². The van der Waals surface area contributed by atoms with E-state index in [1.807, 2.05) is 6.07 Å². The van der Waals surface area contributed by atoms with Crippen LogP contribution in [0.15, 0.2) is 23.8 Å². The highest BCUT2D eigenvalue weighted by molar-refractivity contribution is 5.73. The maximum absolute atomic E-state index is 10.8. The molecule has 0 aromatic heterocycles. The topological polar surface area (TPSA) is 67.2 Å². The molecular formula is C10H11NO3. The first-order valence-corrected chi connectivity index (χ1v) is 4.00. The van der Waals surface area contributed by atoms with E-state index >= 15 is 0 Å². The zero-order valence-electron chi connectivity index (χ0n) is 7.90. The van der Waals surface area contributed by atoms with Gasteiger partial charge in [0.2, 0.25) is 0 Å². The van der Waals surface area contributed by atoms with Gasteiger partial charge in [0.25, 0.3) is 0 Å². The van der Waals surface area contributed by atoms with Gasteiger partial charge >= 0.3 is 5.97 Å². The predicted octanol–water partition coefficient (Wildman–Crippen LogP) is 1.14. The fourth-order valence-corrected chi connectivity index (χ4v) is 0.682. The van der Waals surface area contributed by atoms with E-state index in [1.54, 1.807) is 12.2 Å². The van der Waals surface area contributed by atoms with Crippen molar-refractivity contribution in [2.24, 2.45) is 0 Å². The van der Waals surface area contributed by atoms with Gasteiger partial charge in [0, 0.05) is 12.0 Å². The Bertz CT molecular complexity index is 297. The zero-order chi connectivity index (χ0) is 10.8. The number of nitriles is 1. The molecule has 4 nitrogen and oxygen atoms in total. The monoisotopic (exact) mass is 193 g/mol. The summed E-state index contributed by atoms with van der Waals surface area (Å²) in [5, 5.41) is 8.60. The summed E-state index contributed by atoms with van der Waals surface area (Å²) in [4.78, 5) is 20.7. The number of hydrogen-bond acceptors (Lipinski definition) is 4. The lowest BCUT2D eigenvalue weighted by Crippen LogP contribution is -2.00. The van der Waals surface area contributed by atoms with Crippen molar-refractivity contribution in [3.05, 3.63) is 23.8 Å². The molecule has 14 heavy (non-hydrogen) atoms. The van der Waals surface area contributed by atoms with Gasteiger partial charge in [0.1, 0.15) is 6.29 Å². The largest absolute Gasteiger partial charge is 0.469 e. The molecule has 0 aromatic rings. The minimum Gasteiger partial charge on any atom is -0.469 e. The maximum Gasteiger partial charge on any atom is 0.310 e. The van der Waals surface area contributed by atoms with Gasteiger partial charge in [0.05, 0.1) is 19.6 Å². The summed E-state index contributed by atoms with van der Waals surface area (Å²) in [5.41, 5.74) is 0.305. The number of methoxy groups -OCH3 is 1. The Morgan fingerprint density at radius 3 is 2.79 bits per heavy atom. The number of rotatable bonds is 5. The van der Waals surface area contributed by atoms with Crippen LogP contribution in [0, 0.1) is 11.3 Å². The molecule has 0 aliphatic rings. The summed E-state index contributed by atoms with van der Waals surface area (Å²) in [6.45, 7) is 0. The molecule has 4 heteroatoms. The predicted molar refractivity (Wildman–Crippen MR) is 50.2 cm³/mol. The Morgan fingerprint density at radius 2 is 2.29 bits per heavy atom. The number of esters is 1. The van der Waals surface area contributed by atoms with Crippen LogP contribution >= 0.6 is 0 Å². The molecule has 0 spiro atoms. The van der Waals surface area contributed by atoms with Gasteiger partial charge in [0.15, 0.2) is 0 Å². The molecule has 0 aliphatic carbocycles. The summed E-state index contributed by atoms with van der Waals surface area (Å²) in [5.74, 6) is -0.457. The van der Waals surface area contributed by atoms with Crippen molar-refractivity contribution in [3.8, 4) is 6.07 Å². The lowest BCUT2D eigenvalue weighted by molar-refractivity contribution is -0.139. The molecule has 0 aliphatic heterocycles. The molecular weight excluding hydrogens is 182 g/mol. The molecule has 74 valence electrons. The third kappa shape index (κ3) is 5.72. The fraction of sp³-hybridized carbons (Fsp3) is 0.300. The molecule has 0 bridgehead atoms. The SMILES string of the molecule is COC(=O)C/C(C#N)=C/C=C/CC=O. The normalized spacial score (nSPS) is 11.0. The van der Waals surface area contributed by atoms with Crippen molar-refractivity contribution in [1.29, 1.82) is 5.26 Å². The Labute approximate surface area is 82.5 Å². The highest BCUT2D eigenvalue weighted by Gasteiger charge is 2.03. The van der Waals surface area contributed by atoms with Crippen LogP contribution in [0.25, 0.3) is 0 Å². The smallest absolute Gasteiger partial charge is 0.310 e. The highest BCUT2D eigenvalue weighted by Crippen LogP contribution is 2.01. The van der Waals surface area contributed by atoms with Gasteiger partial charge in [-0.2, -0.15) is 5.26 Å². The minimum atomic E-state index is -0.457.